The molecular formula is C15H28N2O. The fourth-order valence-corrected chi connectivity index (χ4v) is 3.45. The maximum absolute atomic E-state index is 12.2. The number of hydrogen-bond donors (Lipinski definition) is 1. The van der Waals surface area contributed by atoms with E-state index in [9.17, 15) is 4.79 Å². The Balaban J connectivity index is 1.76. The Bertz CT molecular complexity index is 280. The lowest BCUT2D eigenvalue weighted by molar-refractivity contribution is -0.129. The number of hydrogen-bond acceptors (Lipinski definition) is 2. The molecule has 1 amide bonds. The molecule has 0 aromatic heterocycles. The van der Waals surface area contributed by atoms with E-state index in [1.165, 1.54) is 44.9 Å². The van der Waals surface area contributed by atoms with Gasteiger partial charge in [-0.1, -0.05) is 26.7 Å². The number of carbonyl (C=O) groups excluding carboxylic acids is 1. The molecule has 1 aliphatic heterocycles. The van der Waals surface area contributed by atoms with Crippen LogP contribution in [-0.4, -0.2) is 36.5 Å². The van der Waals surface area contributed by atoms with E-state index in [4.69, 9.17) is 0 Å². The quantitative estimate of drug-likeness (QED) is 0.815. The van der Waals surface area contributed by atoms with E-state index < -0.39 is 0 Å². The molecule has 1 heterocycles. The SMILES string of the molecule is CCC1(CC)CCN(C(=O)CNC2CCCC2)C1. The van der Waals surface area contributed by atoms with Gasteiger partial charge in [-0.15, -0.1) is 0 Å². The van der Waals surface area contributed by atoms with Crippen molar-refractivity contribution in [3.63, 3.8) is 0 Å². The number of carbonyl (C=O) groups is 1. The Morgan fingerprint density at radius 3 is 2.50 bits per heavy atom. The van der Waals surface area contributed by atoms with Gasteiger partial charge in [-0.2, -0.15) is 0 Å². The van der Waals surface area contributed by atoms with E-state index in [-0.39, 0.29) is 0 Å². The number of rotatable bonds is 5. The highest BCUT2D eigenvalue weighted by Gasteiger charge is 2.36. The summed E-state index contributed by atoms with van der Waals surface area (Å²) in [6.45, 7) is 7.01. The number of nitrogens with one attached hydrogen (secondary N) is 1. The highest BCUT2D eigenvalue weighted by molar-refractivity contribution is 5.78. The Morgan fingerprint density at radius 1 is 1.28 bits per heavy atom. The molecule has 0 radical (unpaired) electrons. The minimum Gasteiger partial charge on any atom is -0.341 e. The van der Waals surface area contributed by atoms with Crippen LogP contribution in [0, 0.1) is 5.41 Å². The van der Waals surface area contributed by atoms with Gasteiger partial charge in [-0.25, -0.2) is 0 Å². The highest BCUT2D eigenvalue weighted by atomic mass is 16.2. The van der Waals surface area contributed by atoms with Crippen molar-refractivity contribution in [2.75, 3.05) is 19.6 Å². The zero-order valence-corrected chi connectivity index (χ0v) is 12.0. The molecule has 2 aliphatic rings. The highest BCUT2D eigenvalue weighted by Crippen LogP contribution is 2.36. The second-order valence-corrected chi connectivity index (χ2v) is 6.13. The van der Waals surface area contributed by atoms with Crippen LogP contribution in [-0.2, 0) is 4.79 Å². The molecule has 1 saturated heterocycles. The van der Waals surface area contributed by atoms with Gasteiger partial charge in [0.1, 0.15) is 0 Å². The third kappa shape index (κ3) is 3.05. The van der Waals surface area contributed by atoms with Crippen LogP contribution in [0.3, 0.4) is 0 Å². The van der Waals surface area contributed by atoms with Crippen LogP contribution >= 0.6 is 0 Å². The van der Waals surface area contributed by atoms with Crippen LogP contribution in [0.4, 0.5) is 0 Å². The Labute approximate surface area is 111 Å². The summed E-state index contributed by atoms with van der Waals surface area (Å²) >= 11 is 0. The summed E-state index contributed by atoms with van der Waals surface area (Å²) in [7, 11) is 0. The van der Waals surface area contributed by atoms with E-state index in [0.29, 0.717) is 23.9 Å². The molecular weight excluding hydrogens is 224 g/mol. The van der Waals surface area contributed by atoms with Crippen molar-refractivity contribution in [1.82, 2.24) is 10.2 Å². The number of likely N-dealkylation sites (tertiary alicyclic amines) is 1. The van der Waals surface area contributed by atoms with Crippen molar-refractivity contribution < 1.29 is 4.79 Å². The lowest BCUT2D eigenvalue weighted by Gasteiger charge is -2.26. The summed E-state index contributed by atoms with van der Waals surface area (Å²) in [5, 5.41) is 3.43. The molecule has 1 saturated carbocycles. The van der Waals surface area contributed by atoms with Gasteiger partial charge in [0, 0.05) is 19.1 Å². The largest absolute Gasteiger partial charge is 0.341 e. The summed E-state index contributed by atoms with van der Waals surface area (Å²) < 4.78 is 0. The average Bonchev–Trinajstić information content (AvgIpc) is 3.06. The maximum Gasteiger partial charge on any atom is 0.236 e. The van der Waals surface area contributed by atoms with Crippen molar-refractivity contribution in [2.24, 2.45) is 5.41 Å². The first kappa shape index (κ1) is 13.9. The van der Waals surface area contributed by atoms with Crippen molar-refractivity contribution >= 4 is 5.91 Å². The molecule has 0 aromatic carbocycles. The third-order valence-corrected chi connectivity index (χ3v) is 5.19. The van der Waals surface area contributed by atoms with Crippen LogP contribution in [0.5, 0.6) is 0 Å². The zero-order valence-electron chi connectivity index (χ0n) is 12.0. The smallest absolute Gasteiger partial charge is 0.236 e. The molecule has 2 rings (SSSR count). The average molecular weight is 252 g/mol. The first-order chi connectivity index (χ1) is 8.69. The van der Waals surface area contributed by atoms with E-state index in [0.717, 1.165) is 13.1 Å². The van der Waals surface area contributed by atoms with Gasteiger partial charge in [0.2, 0.25) is 5.91 Å². The van der Waals surface area contributed by atoms with Crippen LogP contribution in [0.25, 0.3) is 0 Å². The Morgan fingerprint density at radius 2 is 1.94 bits per heavy atom. The topological polar surface area (TPSA) is 32.3 Å². The molecule has 1 aliphatic carbocycles. The summed E-state index contributed by atoms with van der Waals surface area (Å²) in [5.41, 5.74) is 0.406. The van der Waals surface area contributed by atoms with E-state index >= 15 is 0 Å². The van der Waals surface area contributed by atoms with Gasteiger partial charge >= 0.3 is 0 Å². The first-order valence-corrected chi connectivity index (χ1v) is 7.70. The van der Waals surface area contributed by atoms with E-state index in [2.05, 4.69) is 24.1 Å². The maximum atomic E-state index is 12.2. The molecule has 0 bridgehead atoms. The normalized spacial score (nSPS) is 23.8. The van der Waals surface area contributed by atoms with Crippen LogP contribution in [0.1, 0.15) is 58.8 Å². The van der Waals surface area contributed by atoms with E-state index in [1.807, 2.05) is 0 Å². The van der Waals surface area contributed by atoms with Gasteiger partial charge in [-0.05, 0) is 37.5 Å². The minimum atomic E-state index is 0.311. The third-order valence-electron chi connectivity index (χ3n) is 5.19. The molecule has 18 heavy (non-hydrogen) atoms. The lowest BCUT2D eigenvalue weighted by Crippen LogP contribution is -2.40. The van der Waals surface area contributed by atoms with Gasteiger partial charge in [0.25, 0.3) is 0 Å². The predicted octanol–water partition coefficient (Wildman–Crippen LogP) is 2.56. The molecule has 0 aromatic rings. The molecule has 1 N–H and O–H groups in total. The number of amides is 1. The standard InChI is InChI=1S/C15H28N2O/c1-3-15(4-2)9-10-17(12-15)14(18)11-16-13-7-5-6-8-13/h13,16H,3-12H2,1-2H3. The number of nitrogens with zero attached hydrogens (tertiary/aromatic N) is 1. The van der Waals surface area contributed by atoms with Crippen molar-refractivity contribution in [1.29, 1.82) is 0 Å². The molecule has 0 unspecified atom stereocenters. The van der Waals surface area contributed by atoms with E-state index in [1.54, 1.807) is 0 Å². The van der Waals surface area contributed by atoms with Crippen LogP contribution in [0.15, 0.2) is 0 Å². The molecule has 2 fully saturated rings. The van der Waals surface area contributed by atoms with Crippen molar-refractivity contribution in [3.05, 3.63) is 0 Å². The predicted molar refractivity (Wildman–Crippen MR) is 74.5 cm³/mol. The molecule has 3 nitrogen and oxygen atoms in total. The summed E-state index contributed by atoms with van der Waals surface area (Å²) in [6.07, 6.45) is 8.73. The zero-order chi connectivity index (χ0) is 13.0. The van der Waals surface area contributed by atoms with Gasteiger partial charge in [0.05, 0.1) is 6.54 Å². The molecule has 104 valence electrons. The first-order valence-electron chi connectivity index (χ1n) is 7.70. The summed E-state index contributed by atoms with van der Waals surface area (Å²) in [4.78, 5) is 14.3. The second kappa shape index (κ2) is 6.05. The van der Waals surface area contributed by atoms with Crippen molar-refractivity contribution in [3.8, 4) is 0 Å². The van der Waals surface area contributed by atoms with Gasteiger partial charge in [-0.3, -0.25) is 4.79 Å². The lowest BCUT2D eigenvalue weighted by atomic mass is 9.82. The summed E-state index contributed by atoms with van der Waals surface area (Å²) in [5.74, 6) is 0.311. The van der Waals surface area contributed by atoms with Gasteiger partial charge < -0.3 is 10.2 Å². The monoisotopic (exact) mass is 252 g/mol. The molecule has 0 spiro atoms. The van der Waals surface area contributed by atoms with Gasteiger partial charge in [0.15, 0.2) is 0 Å². The Kier molecular flexibility index (Phi) is 4.66. The Hall–Kier alpha value is -0.570. The van der Waals surface area contributed by atoms with Crippen LogP contribution in [0.2, 0.25) is 0 Å². The molecule has 3 heteroatoms. The fourth-order valence-electron chi connectivity index (χ4n) is 3.45. The minimum absolute atomic E-state index is 0.311. The second-order valence-electron chi connectivity index (χ2n) is 6.13. The van der Waals surface area contributed by atoms with Crippen molar-refractivity contribution in [2.45, 2.75) is 64.8 Å². The van der Waals surface area contributed by atoms with Crippen LogP contribution < -0.4 is 5.32 Å². The fraction of sp³-hybridized carbons (Fsp3) is 0.933. The molecule has 0 atom stereocenters. The summed E-state index contributed by atoms with van der Waals surface area (Å²) in [6, 6.07) is 0.596.